The molecule has 1 amide bonds. The summed E-state index contributed by atoms with van der Waals surface area (Å²) in [6, 6.07) is 9.28. The number of rotatable bonds is 7. The van der Waals surface area contributed by atoms with E-state index in [1.807, 2.05) is 18.2 Å². The van der Waals surface area contributed by atoms with Crippen molar-refractivity contribution in [2.24, 2.45) is 22.4 Å². The lowest BCUT2D eigenvalue weighted by atomic mass is 9.96. The van der Waals surface area contributed by atoms with Crippen molar-refractivity contribution < 1.29 is 14.3 Å². The topological polar surface area (TPSA) is 128 Å². The van der Waals surface area contributed by atoms with E-state index in [-0.39, 0.29) is 41.8 Å². The summed E-state index contributed by atoms with van der Waals surface area (Å²) in [4.78, 5) is 22.6. The van der Waals surface area contributed by atoms with Crippen LogP contribution in [0.15, 0.2) is 41.5 Å². The van der Waals surface area contributed by atoms with Gasteiger partial charge in [-0.05, 0) is 31.0 Å². The predicted molar refractivity (Wildman–Crippen MR) is 132 cm³/mol. The number of benzene rings is 1. The van der Waals surface area contributed by atoms with Crippen LogP contribution < -0.4 is 31.2 Å². The highest BCUT2D eigenvalue weighted by molar-refractivity contribution is 14.0. The highest BCUT2D eigenvalue weighted by Gasteiger charge is 2.24. The normalized spacial score (nSPS) is 14.5. The number of nitrogens with zero attached hydrogens (tertiary/aromatic N) is 3. The quantitative estimate of drug-likeness (QED) is 0.280. The van der Waals surface area contributed by atoms with Crippen LogP contribution in [-0.2, 0) is 11.3 Å². The number of carbonyl (C=O) groups is 1. The van der Waals surface area contributed by atoms with E-state index >= 15 is 0 Å². The molecule has 1 aliphatic rings. The summed E-state index contributed by atoms with van der Waals surface area (Å²) in [6.45, 7) is 1.85. The number of amides is 1. The highest BCUT2D eigenvalue weighted by Crippen LogP contribution is 2.29. The maximum absolute atomic E-state index is 11.4. The Hall–Kier alpha value is -2.76. The largest absolute Gasteiger partial charge is 0.493 e. The summed E-state index contributed by atoms with van der Waals surface area (Å²) in [6.07, 6.45) is 3.23. The van der Waals surface area contributed by atoms with E-state index in [1.54, 1.807) is 32.5 Å². The van der Waals surface area contributed by atoms with Gasteiger partial charge in [-0.3, -0.25) is 4.79 Å². The molecule has 2 aromatic rings. The summed E-state index contributed by atoms with van der Waals surface area (Å²) in [5, 5.41) is 3.06. The molecule has 31 heavy (non-hydrogen) atoms. The summed E-state index contributed by atoms with van der Waals surface area (Å²) >= 11 is 0. The van der Waals surface area contributed by atoms with E-state index in [4.69, 9.17) is 20.9 Å². The fourth-order valence-electron chi connectivity index (χ4n) is 3.49. The molecule has 3 rings (SSSR count). The molecule has 9 nitrogen and oxygen atoms in total. The van der Waals surface area contributed by atoms with Crippen LogP contribution in [0.4, 0.5) is 11.5 Å². The number of nitrogens with one attached hydrogen (secondary N) is 1. The molecular weight excluding hydrogens is 511 g/mol. The van der Waals surface area contributed by atoms with E-state index in [1.165, 1.54) is 0 Å². The van der Waals surface area contributed by atoms with Crippen LogP contribution in [-0.4, -0.2) is 44.2 Å². The smallest absolute Gasteiger partial charge is 0.220 e. The number of aliphatic imine (C=N–C) groups is 1. The molecule has 5 N–H and O–H groups in total. The van der Waals surface area contributed by atoms with Gasteiger partial charge in [0.25, 0.3) is 0 Å². The molecule has 1 aromatic heterocycles. The van der Waals surface area contributed by atoms with Gasteiger partial charge >= 0.3 is 0 Å². The number of pyridine rings is 1. The molecular formula is C21H29IN6O3. The van der Waals surface area contributed by atoms with E-state index in [0.29, 0.717) is 18.0 Å². The maximum atomic E-state index is 11.4. The van der Waals surface area contributed by atoms with Crippen LogP contribution in [0.3, 0.4) is 0 Å². The zero-order chi connectivity index (χ0) is 21.5. The molecule has 1 aliphatic heterocycles. The van der Waals surface area contributed by atoms with Crippen LogP contribution in [0, 0.1) is 5.92 Å². The first-order chi connectivity index (χ1) is 14.5. The molecule has 0 saturated carbocycles. The molecule has 10 heteroatoms. The number of methoxy groups -OCH3 is 2. The van der Waals surface area contributed by atoms with Gasteiger partial charge in [0.1, 0.15) is 5.82 Å². The SMILES string of the molecule is COc1ccc(NC(N)=NCc2cccnc2N2CCC(C(N)=O)CC2)cc1OC.I. The van der Waals surface area contributed by atoms with Gasteiger partial charge in [0.05, 0.1) is 20.8 Å². The molecule has 0 bridgehead atoms. The predicted octanol–water partition coefficient (Wildman–Crippen LogP) is 2.35. The number of halogens is 1. The zero-order valence-electron chi connectivity index (χ0n) is 17.7. The molecule has 168 valence electrons. The van der Waals surface area contributed by atoms with Crippen molar-refractivity contribution in [2.75, 3.05) is 37.5 Å². The molecule has 1 saturated heterocycles. The van der Waals surface area contributed by atoms with Crippen molar-refractivity contribution in [3.8, 4) is 11.5 Å². The van der Waals surface area contributed by atoms with Gasteiger partial charge in [0.2, 0.25) is 5.91 Å². The van der Waals surface area contributed by atoms with Crippen LogP contribution >= 0.6 is 24.0 Å². The third kappa shape index (κ3) is 6.36. The number of anilines is 2. The number of piperidine rings is 1. The summed E-state index contributed by atoms with van der Waals surface area (Å²) in [5.41, 5.74) is 13.2. The Labute approximate surface area is 199 Å². The van der Waals surface area contributed by atoms with E-state index < -0.39 is 0 Å². The Bertz CT molecular complexity index is 916. The molecule has 1 fully saturated rings. The van der Waals surface area contributed by atoms with Crippen molar-refractivity contribution in [1.29, 1.82) is 0 Å². The van der Waals surface area contributed by atoms with Gasteiger partial charge in [-0.2, -0.15) is 0 Å². The Morgan fingerprint density at radius 1 is 1.19 bits per heavy atom. The third-order valence-electron chi connectivity index (χ3n) is 5.14. The number of aromatic nitrogens is 1. The lowest BCUT2D eigenvalue weighted by Crippen LogP contribution is -2.39. The minimum Gasteiger partial charge on any atom is -0.493 e. The second-order valence-corrected chi connectivity index (χ2v) is 7.05. The number of primary amides is 1. The van der Waals surface area contributed by atoms with E-state index in [9.17, 15) is 4.79 Å². The average molecular weight is 540 g/mol. The minimum absolute atomic E-state index is 0. The van der Waals surface area contributed by atoms with E-state index in [2.05, 4.69) is 20.2 Å². The zero-order valence-corrected chi connectivity index (χ0v) is 20.0. The van der Waals surface area contributed by atoms with Gasteiger partial charge in [-0.15, -0.1) is 24.0 Å². The van der Waals surface area contributed by atoms with Crippen molar-refractivity contribution in [1.82, 2.24) is 4.98 Å². The van der Waals surface area contributed by atoms with Crippen LogP contribution in [0.1, 0.15) is 18.4 Å². The number of carbonyl (C=O) groups excluding carboxylic acids is 1. The minimum atomic E-state index is -0.227. The molecule has 0 spiro atoms. The number of guanidine groups is 1. The monoisotopic (exact) mass is 540 g/mol. The molecule has 0 atom stereocenters. The van der Waals surface area contributed by atoms with Gasteiger partial charge in [0, 0.05) is 42.5 Å². The van der Waals surface area contributed by atoms with Crippen LogP contribution in [0.5, 0.6) is 11.5 Å². The molecule has 1 aromatic carbocycles. The Morgan fingerprint density at radius 2 is 1.90 bits per heavy atom. The fraction of sp³-hybridized carbons (Fsp3) is 0.381. The maximum Gasteiger partial charge on any atom is 0.220 e. The first-order valence-electron chi connectivity index (χ1n) is 9.79. The summed E-state index contributed by atoms with van der Waals surface area (Å²) in [7, 11) is 3.16. The van der Waals surface area contributed by atoms with E-state index in [0.717, 1.165) is 43.0 Å². The Balaban J connectivity index is 0.00000341. The van der Waals surface area contributed by atoms with Gasteiger partial charge in [0.15, 0.2) is 17.5 Å². The second kappa shape index (κ2) is 11.6. The Kier molecular flexibility index (Phi) is 9.16. The van der Waals surface area contributed by atoms with Crippen molar-refractivity contribution in [2.45, 2.75) is 19.4 Å². The van der Waals surface area contributed by atoms with Crippen molar-refractivity contribution in [3.63, 3.8) is 0 Å². The summed E-state index contributed by atoms with van der Waals surface area (Å²) < 4.78 is 10.5. The molecule has 2 heterocycles. The van der Waals surface area contributed by atoms with Crippen molar-refractivity contribution in [3.05, 3.63) is 42.1 Å². The van der Waals surface area contributed by atoms with Crippen LogP contribution in [0.25, 0.3) is 0 Å². The second-order valence-electron chi connectivity index (χ2n) is 7.05. The number of ether oxygens (including phenoxy) is 2. The fourth-order valence-corrected chi connectivity index (χ4v) is 3.49. The number of hydrogen-bond acceptors (Lipinski definition) is 6. The first-order valence-corrected chi connectivity index (χ1v) is 9.79. The molecule has 0 unspecified atom stereocenters. The lowest BCUT2D eigenvalue weighted by Gasteiger charge is -2.32. The standard InChI is InChI=1S/C21H28N6O3.HI/c1-29-17-6-5-16(12-18(17)30-2)26-21(23)25-13-15-4-3-9-24-20(15)27-10-7-14(8-11-27)19(22)28;/h3-6,9,12,14H,7-8,10-11,13H2,1-2H3,(H2,22,28)(H3,23,25,26);1H. The Morgan fingerprint density at radius 3 is 2.55 bits per heavy atom. The molecule has 0 radical (unpaired) electrons. The lowest BCUT2D eigenvalue weighted by molar-refractivity contribution is -0.122. The van der Waals surface area contributed by atoms with Gasteiger partial charge < -0.3 is 31.2 Å². The summed E-state index contributed by atoms with van der Waals surface area (Å²) in [5.74, 6) is 2.10. The number of nitrogens with two attached hydrogens (primary N) is 2. The highest BCUT2D eigenvalue weighted by atomic mass is 127. The van der Waals surface area contributed by atoms with Gasteiger partial charge in [-0.25, -0.2) is 9.98 Å². The van der Waals surface area contributed by atoms with Crippen molar-refractivity contribution >= 4 is 47.3 Å². The van der Waals surface area contributed by atoms with Crippen LogP contribution in [0.2, 0.25) is 0 Å². The third-order valence-corrected chi connectivity index (χ3v) is 5.14. The van der Waals surface area contributed by atoms with Gasteiger partial charge in [-0.1, -0.05) is 6.07 Å². The number of hydrogen-bond donors (Lipinski definition) is 3. The molecule has 0 aliphatic carbocycles. The average Bonchev–Trinajstić information content (AvgIpc) is 2.77. The first kappa shape index (κ1) is 24.5.